The highest BCUT2D eigenvalue weighted by Gasteiger charge is 2.20. The molecule has 0 amide bonds. The van der Waals surface area contributed by atoms with E-state index in [1.54, 1.807) is 35.2 Å². The number of hydrazone groups is 1. The number of rotatable bonds is 4. The maximum absolute atomic E-state index is 4.68. The van der Waals surface area contributed by atoms with Crippen molar-refractivity contribution in [1.29, 1.82) is 0 Å². The third kappa shape index (κ3) is 3.62. The average Bonchev–Trinajstić information content (AvgIpc) is 3.34. The minimum absolute atomic E-state index is 0.0955. The first kappa shape index (κ1) is 17.5. The lowest BCUT2D eigenvalue weighted by Crippen LogP contribution is -2.08. The van der Waals surface area contributed by atoms with Gasteiger partial charge in [0.05, 0.1) is 17.3 Å². The van der Waals surface area contributed by atoms with Gasteiger partial charge in [0.15, 0.2) is 5.82 Å². The van der Waals surface area contributed by atoms with E-state index in [-0.39, 0.29) is 5.41 Å². The molecule has 0 aromatic carbocycles. The molecule has 3 aromatic heterocycles. The fraction of sp³-hybridized carbons (Fsp3) is 0.444. The van der Waals surface area contributed by atoms with Gasteiger partial charge in [0, 0.05) is 22.7 Å². The largest absolute Gasteiger partial charge is 0.316 e. The summed E-state index contributed by atoms with van der Waals surface area (Å²) in [6, 6.07) is 2.16. The SMILES string of the molecule is CC(C)(C)c1cc2c(N/N=C/c3nc(C4CCNC4)cs3)ncnc2s1. The molecule has 0 aliphatic carbocycles. The Balaban J connectivity index is 1.50. The predicted octanol–water partition coefficient (Wildman–Crippen LogP) is 3.97. The molecule has 1 atom stereocenters. The number of hydrogen-bond donors (Lipinski definition) is 2. The third-order valence-corrected chi connectivity index (χ3v) is 6.70. The summed E-state index contributed by atoms with van der Waals surface area (Å²) in [5.41, 5.74) is 4.32. The number of thiazole rings is 1. The molecule has 3 aromatic rings. The molecule has 1 fully saturated rings. The van der Waals surface area contributed by atoms with Gasteiger partial charge >= 0.3 is 0 Å². The highest BCUT2D eigenvalue weighted by Crippen LogP contribution is 2.35. The van der Waals surface area contributed by atoms with E-state index in [1.165, 1.54) is 10.6 Å². The van der Waals surface area contributed by atoms with Crippen molar-refractivity contribution in [2.45, 2.75) is 38.5 Å². The topological polar surface area (TPSA) is 75.1 Å². The first-order chi connectivity index (χ1) is 12.5. The third-order valence-electron chi connectivity index (χ3n) is 4.43. The van der Waals surface area contributed by atoms with Gasteiger partial charge in [-0.3, -0.25) is 5.43 Å². The van der Waals surface area contributed by atoms with Crippen molar-refractivity contribution in [2.75, 3.05) is 18.5 Å². The number of nitrogens with one attached hydrogen (secondary N) is 2. The molecule has 136 valence electrons. The number of anilines is 1. The lowest BCUT2D eigenvalue weighted by Gasteiger charge is -2.14. The number of nitrogens with zero attached hydrogens (tertiary/aromatic N) is 4. The molecule has 4 heterocycles. The van der Waals surface area contributed by atoms with Gasteiger partial charge in [-0.1, -0.05) is 20.8 Å². The highest BCUT2D eigenvalue weighted by molar-refractivity contribution is 7.18. The molecule has 0 bridgehead atoms. The van der Waals surface area contributed by atoms with Crippen LogP contribution in [-0.2, 0) is 5.41 Å². The Bertz CT molecular complexity index is 931. The first-order valence-corrected chi connectivity index (χ1v) is 10.4. The average molecular weight is 387 g/mol. The van der Waals surface area contributed by atoms with Crippen LogP contribution < -0.4 is 10.7 Å². The Morgan fingerprint density at radius 3 is 3.00 bits per heavy atom. The monoisotopic (exact) mass is 386 g/mol. The second-order valence-corrected chi connectivity index (χ2v) is 9.39. The molecule has 6 nitrogen and oxygen atoms in total. The molecular formula is C18H22N6S2. The number of aromatic nitrogens is 3. The van der Waals surface area contributed by atoms with E-state index < -0.39 is 0 Å². The van der Waals surface area contributed by atoms with Crippen molar-refractivity contribution in [1.82, 2.24) is 20.3 Å². The molecule has 26 heavy (non-hydrogen) atoms. The molecule has 2 N–H and O–H groups in total. The smallest absolute Gasteiger partial charge is 0.158 e. The number of hydrogen-bond acceptors (Lipinski definition) is 8. The van der Waals surface area contributed by atoms with Crippen molar-refractivity contribution in [2.24, 2.45) is 5.10 Å². The van der Waals surface area contributed by atoms with Crippen LogP contribution in [0.25, 0.3) is 10.2 Å². The molecule has 1 saturated heterocycles. The van der Waals surface area contributed by atoms with Crippen LogP contribution >= 0.6 is 22.7 Å². The van der Waals surface area contributed by atoms with E-state index in [1.807, 2.05) is 0 Å². The predicted molar refractivity (Wildman–Crippen MR) is 110 cm³/mol. The second kappa shape index (κ2) is 7.02. The van der Waals surface area contributed by atoms with Crippen LogP contribution in [0.1, 0.15) is 48.7 Å². The molecule has 0 spiro atoms. The second-order valence-electron chi connectivity index (χ2n) is 7.47. The van der Waals surface area contributed by atoms with Crippen LogP contribution in [0.5, 0.6) is 0 Å². The van der Waals surface area contributed by atoms with Crippen molar-refractivity contribution in [3.8, 4) is 0 Å². The fourth-order valence-electron chi connectivity index (χ4n) is 2.92. The molecule has 0 saturated carbocycles. The molecular weight excluding hydrogens is 364 g/mol. The quantitative estimate of drug-likeness (QED) is 0.524. The summed E-state index contributed by atoms with van der Waals surface area (Å²) in [6.07, 6.45) is 4.50. The number of thiophene rings is 1. The molecule has 0 radical (unpaired) electrons. The van der Waals surface area contributed by atoms with E-state index in [2.05, 4.69) is 63.0 Å². The lowest BCUT2D eigenvalue weighted by atomic mass is 9.94. The van der Waals surface area contributed by atoms with E-state index in [0.29, 0.717) is 5.92 Å². The van der Waals surface area contributed by atoms with Crippen molar-refractivity contribution in [3.63, 3.8) is 0 Å². The zero-order valence-corrected chi connectivity index (χ0v) is 16.7. The van der Waals surface area contributed by atoms with Crippen molar-refractivity contribution < 1.29 is 0 Å². The van der Waals surface area contributed by atoms with Crippen LogP contribution in [0, 0.1) is 0 Å². The maximum atomic E-state index is 4.68. The Morgan fingerprint density at radius 1 is 1.35 bits per heavy atom. The summed E-state index contributed by atoms with van der Waals surface area (Å²) >= 11 is 3.33. The Morgan fingerprint density at radius 2 is 2.23 bits per heavy atom. The van der Waals surface area contributed by atoms with Gasteiger partial charge in [0.1, 0.15) is 16.2 Å². The molecule has 1 unspecified atom stereocenters. The summed E-state index contributed by atoms with van der Waals surface area (Å²) in [5, 5.41) is 11.8. The Kier molecular flexibility index (Phi) is 4.73. The van der Waals surface area contributed by atoms with Crippen LogP contribution in [0.3, 0.4) is 0 Å². The maximum Gasteiger partial charge on any atom is 0.158 e. The fourth-order valence-corrected chi connectivity index (χ4v) is 4.73. The van der Waals surface area contributed by atoms with Gasteiger partial charge in [-0.25, -0.2) is 15.0 Å². The standard InChI is InChI=1S/C18H22N6S2/c1-18(2,3)14-6-12-16(20-10-21-17(12)26-14)24-22-8-15-23-13(9-25-15)11-4-5-19-7-11/h6,8-11,19H,4-5,7H2,1-3H3,(H,20,21,24)/b22-8+. The molecule has 4 rings (SSSR count). The summed E-state index contributed by atoms with van der Waals surface area (Å²) in [5.74, 6) is 1.26. The molecule has 8 heteroatoms. The van der Waals surface area contributed by atoms with E-state index >= 15 is 0 Å². The van der Waals surface area contributed by atoms with Crippen LogP contribution in [0.15, 0.2) is 22.9 Å². The van der Waals surface area contributed by atoms with Crippen molar-refractivity contribution in [3.05, 3.63) is 33.4 Å². The van der Waals surface area contributed by atoms with E-state index in [0.717, 1.165) is 40.6 Å². The van der Waals surface area contributed by atoms with Crippen LogP contribution in [0.2, 0.25) is 0 Å². The van der Waals surface area contributed by atoms with E-state index in [4.69, 9.17) is 0 Å². The number of fused-ring (bicyclic) bond motifs is 1. The van der Waals surface area contributed by atoms with Gasteiger partial charge in [0.25, 0.3) is 0 Å². The Labute approximate surface area is 160 Å². The van der Waals surface area contributed by atoms with E-state index in [9.17, 15) is 0 Å². The van der Waals surface area contributed by atoms with Gasteiger partial charge in [-0.2, -0.15) is 5.10 Å². The van der Waals surface area contributed by atoms with Crippen LogP contribution in [-0.4, -0.2) is 34.3 Å². The normalized spacial score (nSPS) is 18.2. The summed E-state index contributed by atoms with van der Waals surface area (Å²) in [4.78, 5) is 15.7. The lowest BCUT2D eigenvalue weighted by molar-refractivity contribution is 0.604. The highest BCUT2D eigenvalue weighted by atomic mass is 32.1. The van der Waals surface area contributed by atoms with Gasteiger partial charge in [-0.05, 0) is 24.4 Å². The minimum Gasteiger partial charge on any atom is -0.316 e. The summed E-state index contributed by atoms with van der Waals surface area (Å²) < 4.78 is 0. The molecule has 1 aliphatic heterocycles. The zero-order valence-electron chi connectivity index (χ0n) is 15.1. The summed E-state index contributed by atoms with van der Waals surface area (Å²) in [7, 11) is 0. The minimum atomic E-state index is 0.0955. The van der Waals surface area contributed by atoms with Crippen LogP contribution in [0.4, 0.5) is 5.82 Å². The summed E-state index contributed by atoms with van der Waals surface area (Å²) in [6.45, 7) is 8.71. The zero-order chi connectivity index (χ0) is 18.1. The Hall–Kier alpha value is -1.90. The van der Waals surface area contributed by atoms with Gasteiger partial charge in [0.2, 0.25) is 0 Å². The molecule has 1 aliphatic rings. The van der Waals surface area contributed by atoms with Gasteiger partial charge < -0.3 is 5.32 Å². The van der Waals surface area contributed by atoms with Crippen molar-refractivity contribution >= 4 is 44.9 Å². The van der Waals surface area contributed by atoms with Gasteiger partial charge in [-0.15, -0.1) is 22.7 Å². The first-order valence-electron chi connectivity index (χ1n) is 8.71.